The molecule has 3 nitrogen and oxygen atoms in total. The maximum Gasteiger partial charge on any atom is 0.336 e. The highest BCUT2D eigenvalue weighted by atomic mass is 16.4. The van der Waals surface area contributed by atoms with E-state index in [9.17, 15) is 15.2 Å². The number of rotatable bonds is 2. The van der Waals surface area contributed by atoms with Gasteiger partial charge in [0.05, 0.1) is 17.6 Å². The number of hydrogen-bond donors (Lipinski definition) is 1. The SMILES string of the molecule is N#CC1C(c2ccccc2)C2c3ccc(C(=O)O)c4ccc5cccc(c5c34)C12. The predicted molar refractivity (Wildman–Crippen MR) is 112 cm³/mol. The van der Waals surface area contributed by atoms with Crippen molar-refractivity contribution in [2.45, 2.75) is 17.8 Å². The van der Waals surface area contributed by atoms with Gasteiger partial charge in [-0.15, -0.1) is 0 Å². The van der Waals surface area contributed by atoms with E-state index in [0.717, 1.165) is 21.5 Å². The van der Waals surface area contributed by atoms with Gasteiger partial charge in [0.15, 0.2) is 0 Å². The molecule has 4 atom stereocenters. The molecule has 0 radical (unpaired) electrons. The second-order valence-electron chi connectivity index (χ2n) is 8.08. The average Bonchev–Trinajstić information content (AvgIpc) is 2.73. The van der Waals surface area contributed by atoms with Crippen LogP contribution in [0.1, 0.15) is 44.8 Å². The first kappa shape index (κ1) is 16.3. The molecule has 0 aromatic heterocycles. The van der Waals surface area contributed by atoms with E-state index in [2.05, 4.69) is 36.4 Å². The van der Waals surface area contributed by atoms with Gasteiger partial charge in [0.25, 0.3) is 0 Å². The van der Waals surface area contributed by atoms with Gasteiger partial charge in [-0.05, 0) is 44.3 Å². The molecule has 0 aliphatic heterocycles. The fourth-order valence-electron chi connectivity index (χ4n) is 5.79. The summed E-state index contributed by atoms with van der Waals surface area (Å²) in [5.74, 6) is -0.543. The fraction of sp³-hybridized carbons (Fsp3) is 0.154. The molecule has 3 heteroatoms. The van der Waals surface area contributed by atoms with Gasteiger partial charge in [0.2, 0.25) is 0 Å². The Kier molecular flexibility index (Phi) is 3.20. The van der Waals surface area contributed by atoms with Crippen LogP contribution in [0.15, 0.2) is 72.8 Å². The lowest BCUT2D eigenvalue weighted by Gasteiger charge is -2.52. The molecular formula is C26H17NO2. The molecule has 4 unspecified atom stereocenters. The molecule has 0 amide bonds. The topological polar surface area (TPSA) is 61.1 Å². The molecule has 0 spiro atoms. The monoisotopic (exact) mass is 375 g/mol. The van der Waals surface area contributed by atoms with Gasteiger partial charge >= 0.3 is 5.97 Å². The minimum atomic E-state index is -0.904. The molecule has 1 N–H and O–H groups in total. The lowest BCUT2D eigenvalue weighted by molar-refractivity contribution is 0.0699. The summed E-state index contributed by atoms with van der Waals surface area (Å²) in [6, 6.07) is 26.8. The number of nitrogens with zero attached hydrogens (tertiary/aromatic N) is 1. The van der Waals surface area contributed by atoms with E-state index in [4.69, 9.17) is 0 Å². The van der Waals surface area contributed by atoms with Gasteiger partial charge in [-0.25, -0.2) is 4.79 Å². The van der Waals surface area contributed by atoms with E-state index >= 15 is 0 Å². The minimum Gasteiger partial charge on any atom is -0.478 e. The number of fused-ring (bicyclic) bond motifs is 3. The molecule has 138 valence electrons. The lowest BCUT2D eigenvalue weighted by atomic mass is 9.49. The molecule has 6 rings (SSSR count). The average molecular weight is 375 g/mol. The van der Waals surface area contributed by atoms with Crippen LogP contribution in [0, 0.1) is 17.2 Å². The molecule has 1 fully saturated rings. The van der Waals surface area contributed by atoms with Gasteiger partial charge in [-0.3, -0.25) is 0 Å². The predicted octanol–water partition coefficient (Wildman–Crippen LogP) is 5.81. The second kappa shape index (κ2) is 5.68. The Hall–Kier alpha value is -3.64. The van der Waals surface area contributed by atoms with E-state index in [1.54, 1.807) is 6.07 Å². The van der Waals surface area contributed by atoms with E-state index in [0.29, 0.717) is 5.56 Å². The highest BCUT2D eigenvalue weighted by Gasteiger charge is 2.55. The summed E-state index contributed by atoms with van der Waals surface area (Å²) in [6.07, 6.45) is 0. The van der Waals surface area contributed by atoms with Crippen LogP contribution in [0.3, 0.4) is 0 Å². The van der Waals surface area contributed by atoms with Crippen molar-refractivity contribution in [2.75, 3.05) is 0 Å². The van der Waals surface area contributed by atoms with Crippen molar-refractivity contribution >= 4 is 27.5 Å². The van der Waals surface area contributed by atoms with Gasteiger partial charge in [0.1, 0.15) is 0 Å². The van der Waals surface area contributed by atoms with Crippen LogP contribution >= 0.6 is 0 Å². The number of aromatic carboxylic acids is 1. The van der Waals surface area contributed by atoms with Crippen LogP contribution in [-0.4, -0.2) is 11.1 Å². The van der Waals surface area contributed by atoms with Crippen LogP contribution in [0.2, 0.25) is 0 Å². The zero-order chi connectivity index (χ0) is 19.7. The minimum absolute atomic E-state index is 0.0874. The number of hydrogen-bond acceptors (Lipinski definition) is 2. The molecule has 0 saturated heterocycles. The van der Waals surface area contributed by atoms with Crippen LogP contribution in [-0.2, 0) is 0 Å². The zero-order valence-electron chi connectivity index (χ0n) is 15.5. The van der Waals surface area contributed by atoms with Crippen LogP contribution in [0.5, 0.6) is 0 Å². The summed E-state index contributed by atoms with van der Waals surface area (Å²) in [6.45, 7) is 0. The van der Waals surface area contributed by atoms with Crippen molar-refractivity contribution in [3.63, 3.8) is 0 Å². The van der Waals surface area contributed by atoms with Gasteiger partial charge < -0.3 is 5.11 Å². The Morgan fingerprint density at radius 3 is 2.34 bits per heavy atom. The number of carboxylic acids is 1. The Morgan fingerprint density at radius 1 is 0.793 bits per heavy atom. The molecule has 0 heterocycles. The van der Waals surface area contributed by atoms with Crippen molar-refractivity contribution in [3.05, 3.63) is 95.1 Å². The summed E-state index contributed by atoms with van der Waals surface area (Å²) >= 11 is 0. The maximum absolute atomic E-state index is 11.9. The van der Waals surface area contributed by atoms with Crippen molar-refractivity contribution in [1.82, 2.24) is 0 Å². The summed E-state index contributed by atoms with van der Waals surface area (Å²) in [5.41, 5.74) is 3.89. The number of carbonyl (C=O) groups is 1. The van der Waals surface area contributed by atoms with Crippen molar-refractivity contribution in [3.8, 4) is 6.07 Å². The lowest BCUT2D eigenvalue weighted by Crippen LogP contribution is -2.42. The molecule has 4 aromatic rings. The molecular weight excluding hydrogens is 358 g/mol. The first-order valence-corrected chi connectivity index (χ1v) is 9.87. The maximum atomic E-state index is 11.9. The fourth-order valence-corrected chi connectivity index (χ4v) is 5.79. The van der Waals surface area contributed by atoms with E-state index < -0.39 is 5.97 Å². The largest absolute Gasteiger partial charge is 0.478 e. The second-order valence-corrected chi connectivity index (χ2v) is 8.08. The Balaban J connectivity index is 1.72. The van der Waals surface area contributed by atoms with Crippen LogP contribution < -0.4 is 0 Å². The van der Waals surface area contributed by atoms with E-state index in [1.807, 2.05) is 36.4 Å². The number of benzene rings is 4. The third kappa shape index (κ3) is 1.98. The summed E-state index contributed by atoms with van der Waals surface area (Å²) in [7, 11) is 0. The molecule has 2 aliphatic rings. The van der Waals surface area contributed by atoms with Crippen molar-refractivity contribution in [2.24, 2.45) is 5.92 Å². The number of carboxylic acid groups (broad SMARTS) is 1. The summed E-state index contributed by atoms with van der Waals surface area (Å²) in [5, 5.41) is 23.8. The third-order valence-electron chi connectivity index (χ3n) is 6.92. The molecule has 4 aromatic carbocycles. The van der Waals surface area contributed by atoms with E-state index in [1.165, 1.54) is 16.7 Å². The van der Waals surface area contributed by atoms with Crippen molar-refractivity contribution < 1.29 is 9.90 Å². The van der Waals surface area contributed by atoms with Gasteiger partial charge in [0, 0.05) is 17.8 Å². The van der Waals surface area contributed by atoms with Crippen LogP contribution in [0.25, 0.3) is 21.5 Å². The Morgan fingerprint density at radius 2 is 1.59 bits per heavy atom. The number of nitriles is 1. The van der Waals surface area contributed by atoms with Gasteiger partial charge in [-0.1, -0.05) is 66.7 Å². The first-order chi connectivity index (χ1) is 14.2. The Labute approximate surface area is 167 Å². The van der Waals surface area contributed by atoms with Gasteiger partial charge in [-0.2, -0.15) is 5.26 Å². The molecule has 1 saturated carbocycles. The summed E-state index contributed by atoms with van der Waals surface area (Å²) in [4.78, 5) is 11.9. The molecule has 2 aliphatic carbocycles. The standard InChI is InChI=1S/C26H17NO2/c27-13-20-22(14-5-2-1-3-6-14)25-19-12-11-17(26(28)29)16-10-9-15-7-4-8-18(24(20)25)21(15)23(16)19/h1-12,20,22,24-25H,(H,28,29). The quantitative estimate of drug-likeness (QED) is 0.450. The zero-order valence-corrected chi connectivity index (χ0v) is 15.5. The van der Waals surface area contributed by atoms with Crippen molar-refractivity contribution in [1.29, 1.82) is 5.26 Å². The third-order valence-corrected chi connectivity index (χ3v) is 6.92. The first-order valence-electron chi connectivity index (χ1n) is 9.87. The normalized spacial score (nSPS) is 24.1. The summed E-state index contributed by atoms with van der Waals surface area (Å²) < 4.78 is 0. The Bertz CT molecular complexity index is 1370. The molecule has 0 bridgehead atoms. The smallest absolute Gasteiger partial charge is 0.336 e. The highest BCUT2D eigenvalue weighted by Crippen LogP contribution is 2.66. The van der Waals surface area contributed by atoms with Crippen LogP contribution in [0.4, 0.5) is 0 Å². The van der Waals surface area contributed by atoms with E-state index in [-0.39, 0.29) is 23.7 Å². The highest BCUT2D eigenvalue weighted by molar-refractivity contribution is 6.17. The molecule has 29 heavy (non-hydrogen) atoms.